The van der Waals surface area contributed by atoms with Gasteiger partial charge < -0.3 is 15.6 Å². The summed E-state index contributed by atoms with van der Waals surface area (Å²) < 4.78 is 4.49. The smallest absolute Gasteiger partial charge is 0.343 e. The summed E-state index contributed by atoms with van der Waals surface area (Å²) in [4.78, 5) is 11.3. The summed E-state index contributed by atoms with van der Waals surface area (Å²) in [5.74, 6) is -0.744. The van der Waals surface area contributed by atoms with E-state index >= 15 is 0 Å². The Labute approximate surface area is 82.3 Å². The Morgan fingerprint density at radius 3 is 2.50 bits per heavy atom. The lowest BCUT2D eigenvalue weighted by Gasteiger charge is -2.23. The Bertz CT molecular complexity index is 312. The second-order valence-corrected chi connectivity index (χ2v) is 2.92. The van der Waals surface area contributed by atoms with Crippen LogP contribution in [0.3, 0.4) is 0 Å². The molecule has 0 bridgehead atoms. The van der Waals surface area contributed by atoms with Crippen LogP contribution in [0.4, 0.5) is 0 Å². The van der Waals surface area contributed by atoms with Gasteiger partial charge in [-0.1, -0.05) is 30.3 Å². The highest BCUT2D eigenvalue weighted by Gasteiger charge is 2.37. The van der Waals surface area contributed by atoms with Gasteiger partial charge >= 0.3 is 5.97 Å². The number of aliphatic hydroxyl groups is 1. The minimum Gasteiger partial charge on any atom is -0.467 e. The molecule has 0 aromatic heterocycles. The van der Waals surface area contributed by atoms with Gasteiger partial charge in [0, 0.05) is 6.54 Å². The average molecular weight is 195 g/mol. The molecule has 0 aliphatic heterocycles. The van der Waals surface area contributed by atoms with Crippen molar-refractivity contribution in [2.45, 2.75) is 5.60 Å². The van der Waals surface area contributed by atoms with E-state index in [1.54, 1.807) is 30.3 Å². The van der Waals surface area contributed by atoms with Crippen LogP contribution < -0.4 is 5.73 Å². The monoisotopic (exact) mass is 195 g/mol. The quantitative estimate of drug-likeness (QED) is 0.666. The van der Waals surface area contributed by atoms with Crippen LogP contribution in [-0.2, 0) is 15.1 Å². The Kier molecular flexibility index (Phi) is 3.22. The molecule has 0 saturated carbocycles. The van der Waals surface area contributed by atoms with Gasteiger partial charge in [-0.15, -0.1) is 0 Å². The molecular formula is C10H13NO3. The molecule has 1 rings (SSSR count). The third-order valence-electron chi connectivity index (χ3n) is 2.07. The number of methoxy groups -OCH3 is 1. The van der Waals surface area contributed by atoms with Crippen molar-refractivity contribution >= 4 is 5.97 Å². The minimum absolute atomic E-state index is 0.205. The molecular weight excluding hydrogens is 182 g/mol. The van der Waals surface area contributed by atoms with Gasteiger partial charge in [-0.3, -0.25) is 0 Å². The van der Waals surface area contributed by atoms with Gasteiger partial charge in [0.25, 0.3) is 0 Å². The summed E-state index contributed by atoms with van der Waals surface area (Å²) in [5, 5.41) is 9.96. The maximum atomic E-state index is 11.3. The van der Waals surface area contributed by atoms with E-state index < -0.39 is 11.6 Å². The molecule has 0 aliphatic rings. The Morgan fingerprint density at radius 1 is 1.50 bits per heavy atom. The van der Waals surface area contributed by atoms with Crippen molar-refractivity contribution in [3.63, 3.8) is 0 Å². The van der Waals surface area contributed by atoms with Gasteiger partial charge in [-0.2, -0.15) is 0 Å². The maximum Gasteiger partial charge on any atom is 0.343 e. The van der Waals surface area contributed by atoms with Gasteiger partial charge in [0.2, 0.25) is 0 Å². The third kappa shape index (κ3) is 1.76. The summed E-state index contributed by atoms with van der Waals surface area (Å²) >= 11 is 0. The first-order valence-electron chi connectivity index (χ1n) is 4.21. The summed E-state index contributed by atoms with van der Waals surface area (Å²) in [6, 6.07) is 8.49. The van der Waals surface area contributed by atoms with Crippen LogP contribution in [0.5, 0.6) is 0 Å². The van der Waals surface area contributed by atoms with E-state index in [1.165, 1.54) is 7.11 Å². The standard InChI is InChI=1S/C10H13NO3/c1-14-9(12)10(13,7-11)8-5-3-2-4-6-8/h2-6,13H,7,11H2,1H3/t10-/m0/s1. The number of hydrogen-bond donors (Lipinski definition) is 2. The van der Waals surface area contributed by atoms with Gasteiger partial charge in [0.15, 0.2) is 5.60 Å². The fourth-order valence-electron chi connectivity index (χ4n) is 1.20. The van der Waals surface area contributed by atoms with Gasteiger partial charge in [0.05, 0.1) is 7.11 Å². The molecule has 1 atom stereocenters. The number of ether oxygens (including phenoxy) is 1. The van der Waals surface area contributed by atoms with E-state index in [0.717, 1.165) is 0 Å². The number of benzene rings is 1. The Morgan fingerprint density at radius 2 is 2.07 bits per heavy atom. The first-order valence-corrected chi connectivity index (χ1v) is 4.21. The molecule has 1 aromatic rings. The van der Waals surface area contributed by atoms with E-state index in [1.807, 2.05) is 0 Å². The first kappa shape index (κ1) is 10.7. The lowest BCUT2D eigenvalue weighted by atomic mass is 9.94. The van der Waals surface area contributed by atoms with E-state index in [2.05, 4.69) is 4.74 Å². The minimum atomic E-state index is -1.74. The molecule has 0 heterocycles. The first-order chi connectivity index (χ1) is 6.65. The van der Waals surface area contributed by atoms with E-state index in [0.29, 0.717) is 5.56 Å². The van der Waals surface area contributed by atoms with Crippen LogP contribution in [-0.4, -0.2) is 24.7 Å². The van der Waals surface area contributed by atoms with Gasteiger partial charge in [-0.05, 0) is 5.56 Å². The summed E-state index contributed by atoms with van der Waals surface area (Å²) in [5.41, 5.74) is 4.06. The summed E-state index contributed by atoms with van der Waals surface area (Å²) in [6.45, 7) is -0.205. The molecule has 0 aliphatic carbocycles. The molecule has 14 heavy (non-hydrogen) atoms. The number of rotatable bonds is 3. The molecule has 0 spiro atoms. The third-order valence-corrected chi connectivity index (χ3v) is 2.07. The van der Waals surface area contributed by atoms with Gasteiger partial charge in [-0.25, -0.2) is 4.79 Å². The molecule has 0 amide bonds. The van der Waals surface area contributed by atoms with Crippen LogP contribution in [0.2, 0.25) is 0 Å². The molecule has 1 aromatic carbocycles. The molecule has 4 nitrogen and oxygen atoms in total. The van der Waals surface area contributed by atoms with Crippen LogP contribution in [0.15, 0.2) is 30.3 Å². The SMILES string of the molecule is COC(=O)[C@](O)(CN)c1ccccc1. The molecule has 3 N–H and O–H groups in total. The average Bonchev–Trinajstić information content (AvgIpc) is 2.28. The fourth-order valence-corrected chi connectivity index (χ4v) is 1.20. The number of nitrogens with two attached hydrogens (primary N) is 1. The predicted molar refractivity (Wildman–Crippen MR) is 51.4 cm³/mol. The van der Waals surface area contributed by atoms with E-state index in [-0.39, 0.29) is 6.54 Å². The topological polar surface area (TPSA) is 72.5 Å². The maximum absolute atomic E-state index is 11.3. The highest BCUT2D eigenvalue weighted by Crippen LogP contribution is 2.20. The van der Waals surface area contributed by atoms with E-state index in [9.17, 15) is 9.90 Å². The van der Waals surface area contributed by atoms with E-state index in [4.69, 9.17) is 5.73 Å². The highest BCUT2D eigenvalue weighted by molar-refractivity contribution is 5.81. The lowest BCUT2D eigenvalue weighted by molar-refractivity contribution is -0.162. The Balaban J connectivity index is 3.08. The fraction of sp³-hybridized carbons (Fsp3) is 0.300. The van der Waals surface area contributed by atoms with Crippen LogP contribution in [0.25, 0.3) is 0 Å². The number of esters is 1. The van der Waals surface area contributed by atoms with Crippen molar-refractivity contribution in [3.05, 3.63) is 35.9 Å². The van der Waals surface area contributed by atoms with Gasteiger partial charge in [0.1, 0.15) is 0 Å². The predicted octanol–water partition coefficient (Wildman–Crippen LogP) is 0.00590. The second-order valence-electron chi connectivity index (χ2n) is 2.92. The summed E-state index contributed by atoms with van der Waals surface area (Å²) in [7, 11) is 1.21. The van der Waals surface area contributed by atoms with Crippen LogP contribution in [0.1, 0.15) is 5.56 Å². The van der Waals surface area contributed by atoms with Crippen LogP contribution in [0, 0.1) is 0 Å². The zero-order valence-corrected chi connectivity index (χ0v) is 7.93. The van der Waals surface area contributed by atoms with Crippen molar-refractivity contribution in [1.82, 2.24) is 0 Å². The molecule has 0 radical (unpaired) electrons. The number of hydrogen-bond acceptors (Lipinski definition) is 4. The number of carbonyl (C=O) groups is 1. The molecule has 0 saturated heterocycles. The van der Waals surface area contributed by atoms with Crippen molar-refractivity contribution < 1.29 is 14.6 Å². The Hall–Kier alpha value is -1.39. The number of carbonyl (C=O) groups excluding carboxylic acids is 1. The summed E-state index contributed by atoms with van der Waals surface area (Å²) in [6.07, 6.45) is 0. The largest absolute Gasteiger partial charge is 0.467 e. The second kappa shape index (κ2) is 4.21. The molecule has 76 valence electrons. The molecule has 0 fully saturated rings. The lowest BCUT2D eigenvalue weighted by Crippen LogP contribution is -2.43. The van der Waals surface area contributed by atoms with Crippen molar-refractivity contribution in [1.29, 1.82) is 0 Å². The van der Waals surface area contributed by atoms with Crippen molar-refractivity contribution in [3.8, 4) is 0 Å². The van der Waals surface area contributed by atoms with Crippen LogP contribution >= 0.6 is 0 Å². The van der Waals surface area contributed by atoms with Crippen molar-refractivity contribution in [2.75, 3.05) is 13.7 Å². The zero-order valence-electron chi connectivity index (χ0n) is 7.93. The molecule has 0 unspecified atom stereocenters. The highest BCUT2D eigenvalue weighted by atomic mass is 16.5. The zero-order chi connectivity index (χ0) is 10.6. The molecule has 4 heteroatoms. The van der Waals surface area contributed by atoms with Crippen molar-refractivity contribution in [2.24, 2.45) is 5.73 Å². The normalized spacial score (nSPS) is 14.5.